The fraction of sp³-hybridized carbons (Fsp3) is 0.111. The lowest BCUT2D eigenvalue weighted by Crippen LogP contribution is -2.17. The van der Waals surface area contributed by atoms with Crippen LogP contribution in [0.1, 0.15) is 5.56 Å². The largest absolute Gasteiger partial charge is 0.418 e. The zero-order valence-electron chi connectivity index (χ0n) is 7.64. The van der Waals surface area contributed by atoms with Gasteiger partial charge in [0.25, 0.3) is 5.91 Å². The number of hydrogen-bond donors (Lipinski definition) is 1. The molecule has 0 heterocycles. The second kappa shape index (κ2) is 4.81. The molecular formula is C9H5F3INO2. The first kappa shape index (κ1) is 12.9. The van der Waals surface area contributed by atoms with Crippen molar-refractivity contribution in [2.75, 3.05) is 5.32 Å². The van der Waals surface area contributed by atoms with Crippen LogP contribution in [0.2, 0.25) is 0 Å². The van der Waals surface area contributed by atoms with Gasteiger partial charge in [0.15, 0.2) is 0 Å². The molecule has 0 aliphatic rings. The van der Waals surface area contributed by atoms with E-state index >= 15 is 0 Å². The number of aldehydes is 1. The summed E-state index contributed by atoms with van der Waals surface area (Å²) in [7, 11) is 0. The Morgan fingerprint density at radius 1 is 1.38 bits per heavy atom. The van der Waals surface area contributed by atoms with E-state index < -0.39 is 23.3 Å². The average molecular weight is 343 g/mol. The second-order valence-corrected chi connectivity index (χ2v) is 4.04. The maximum absolute atomic E-state index is 12.5. The van der Waals surface area contributed by atoms with Crippen molar-refractivity contribution in [3.05, 3.63) is 27.3 Å². The predicted octanol–water partition coefficient (Wildman–Crippen LogP) is 2.45. The third kappa shape index (κ3) is 3.19. The molecule has 0 unspecified atom stereocenters. The molecule has 1 rings (SSSR count). The Morgan fingerprint density at radius 2 is 2.00 bits per heavy atom. The van der Waals surface area contributed by atoms with Gasteiger partial charge in [-0.2, -0.15) is 13.2 Å². The molecule has 16 heavy (non-hydrogen) atoms. The number of rotatable bonds is 2. The van der Waals surface area contributed by atoms with Crippen molar-refractivity contribution in [1.29, 1.82) is 0 Å². The van der Waals surface area contributed by atoms with Crippen LogP contribution < -0.4 is 5.32 Å². The quantitative estimate of drug-likeness (QED) is 0.509. The summed E-state index contributed by atoms with van der Waals surface area (Å²) in [6, 6.07) is 3.39. The first-order chi connectivity index (χ1) is 7.34. The minimum Gasteiger partial charge on any atom is -0.319 e. The van der Waals surface area contributed by atoms with Gasteiger partial charge in [0.2, 0.25) is 6.29 Å². The molecule has 1 N–H and O–H groups in total. The minimum atomic E-state index is -4.58. The molecule has 0 aliphatic carbocycles. The van der Waals surface area contributed by atoms with Crippen LogP contribution in [0.5, 0.6) is 0 Å². The molecule has 1 aromatic rings. The minimum absolute atomic E-state index is 0.0852. The summed E-state index contributed by atoms with van der Waals surface area (Å²) in [5.41, 5.74) is -1.40. The molecule has 0 spiro atoms. The van der Waals surface area contributed by atoms with Crippen LogP contribution in [0.4, 0.5) is 18.9 Å². The number of nitrogens with one attached hydrogen (secondary N) is 1. The topological polar surface area (TPSA) is 46.2 Å². The van der Waals surface area contributed by atoms with Gasteiger partial charge in [-0.15, -0.1) is 0 Å². The van der Waals surface area contributed by atoms with Crippen molar-refractivity contribution < 1.29 is 22.8 Å². The molecule has 0 bridgehead atoms. The first-order valence-electron chi connectivity index (χ1n) is 3.97. The van der Waals surface area contributed by atoms with Crippen LogP contribution in [0.15, 0.2) is 18.2 Å². The molecule has 0 aliphatic heterocycles. The Bertz CT molecular complexity index is 431. The van der Waals surface area contributed by atoms with Gasteiger partial charge in [0.05, 0.1) is 11.3 Å². The summed E-state index contributed by atoms with van der Waals surface area (Å²) >= 11 is 1.72. The monoisotopic (exact) mass is 343 g/mol. The maximum atomic E-state index is 12.5. The van der Waals surface area contributed by atoms with Gasteiger partial charge in [-0.25, -0.2) is 0 Å². The molecule has 0 saturated carbocycles. The van der Waals surface area contributed by atoms with Crippen LogP contribution in [0.3, 0.4) is 0 Å². The molecule has 7 heteroatoms. The number of carbonyl (C=O) groups excluding carboxylic acids is 2. The highest BCUT2D eigenvalue weighted by molar-refractivity contribution is 14.1. The zero-order valence-corrected chi connectivity index (χ0v) is 9.80. The van der Waals surface area contributed by atoms with Crippen molar-refractivity contribution in [1.82, 2.24) is 0 Å². The number of carbonyl (C=O) groups is 2. The van der Waals surface area contributed by atoms with E-state index in [1.54, 1.807) is 22.6 Å². The third-order valence-corrected chi connectivity index (χ3v) is 2.32. The first-order valence-corrected chi connectivity index (χ1v) is 5.05. The molecule has 0 fully saturated rings. The standard InChI is InChI=1S/C9H5F3INO2/c10-9(11,12)6-3-5(13)1-2-7(6)14-8(16)4-15/h1-4H,(H,14,16). The van der Waals surface area contributed by atoms with Gasteiger partial charge in [-0.1, -0.05) is 0 Å². The lowest BCUT2D eigenvalue weighted by molar-refractivity contribution is -0.137. The molecule has 1 amide bonds. The van der Waals surface area contributed by atoms with Gasteiger partial charge in [-0.3, -0.25) is 9.59 Å². The van der Waals surface area contributed by atoms with Gasteiger partial charge in [0, 0.05) is 3.57 Å². The summed E-state index contributed by atoms with van der Waals surface area (Å²) in [6.45, 7) is 0. The Labute approximate surface area is 102 Å². The van der Waals surface area contributed by atoms with Crippen molar-refractivity contribution in [2.45, 2.75) is 6.18 Å². The fourth-order valence-corrected chi connectivity index (χ4v) is 1.51. The van der Waals surface area contributed by atoms with E-state index in [9.17, 15) is 22.8 Å². The van der Waals surface area contributed by atoms with Gasteiger partial charge in [0.1, 0.15) is 0 Å². The van der Waals surface area contributed by atoms with Crippen LogP contribution in [-0.2, 0) is 15.8 Å². The number of anilines is 1. The summed E-state index contributed by atoms with van der Waals surface area (Å²) in [5, 5.41) is 1.86. The fourth-order valence-electron chi connectivity index (χ4n) is 1.02. The molecule has 86 valence electrons. The highest BCUT2D eigenvalue weighted by atomic mass is 127. The number of hydrogen-bond acceptors (Lipinski definition) is 2. The summed E-state index contributed by atoms with van der Waals surface area (Å²) in [4.78, 5) is 20.7. The Hall–Kier alpha value is -1.12. The Morgan fingerprint density at radius 3 is 2.50 bits per heavy atom. The van der Waals surface area contributed by atoms with E-state index in [0.29, 0.717) is 3.57 Å². The molecule has 0 radical (unpaired) electrons. The van der Waals surface area contributed by atoms with Gasteiger partial charge >= 0.3 is 6.18 Å². The van der Waals surface area contributed by atoms with Crippen molar-refractivity contribution in [3.8, 4) is 0 Å². The molecule has 0 aromatic heterocycles. The molecular weight excluding hydrogens is 338 g/mol. The Kier molecular flexibility index (Phi) is 3.89. The highest BCUT2D eigenvalue weighted by Gasteiger charge is 2.34. The molecule has 0 atom stereocenters. The average Bonchev–Trinajstić information content (AvgIpc) is 2.19. The molecule has 0 saturated heterocycles. The smallest absolute Gasteiger partial charge is 0.319 e. The highest BCUT2D eigenvalue weighted by Crippen LogP contribution is 2.35. The summed E-state index contributed by atoms with van der Waals surface area (Å²) in [6.07, 6.45) is -4.66. The van der Waals surface area contributed by atoms with Gasteiger partial charge in [-0.05, 0) is 40.8 Å². The summed E-state index contributed by atoms with van der Waals surface area (Å²) in [5.74, 6) is -1.12. The van der Waals surface area contributed by atoms with Crippen LogP contribution >= 0.6 is 22.6 Å². The van der Waals surface area contributed by atoms with Crippen molar-refractivity contribution in [2.24, 2.45) is 0 Å². The zero-order chi connectivity index (χ0) is 12.3. The van der Waals surface area contributed by atoms with E-state index in [-0.39, 0.29) is 6.29 Å². The van der Waals surface area contributed by atoms with E-state index in [4.69, 9.17) is 0 Å². The second-order valence-electron chi connectivity index (χ2n) is 2.79. The van der Waals surface area contributed by atoms with Crippen LogP contribution in [0, 0.1) is 3.57 Å². The van der Waals surface area contributed by atoms with Crippen molar-refractivity contribution >= 4 is 40.5 Å². The van der Waals surface area contributed by atoms with Crippen LogP contribution in [-0.4, -0.2) is 12.2 Å². The number of halogens is 4. The van der Waals surface area contributed by atoms with Gasteiger partial charge < -0.3 is 5.32 Å². The number of alkyl halides is 3. The molecule has 3 nitrogen and oxygen atoms in total. The number of amides is 1. The molecule has 1 aromatic carbocycles. The van der Waals surface area contributed by atoms with Crippen molar-refractivity contribution in [3.63, 3.8) is 0 Å². The van der Waals surface area contributed by atoms with Crippen LogP contribution in [0.25, 0.3) is 0 Å². The maximum Gasteiger partial charge on any atom is 0.418 e. The lowest BCUT2D eigenvalue weighted by Gasteiger charge is -2.12. The SMILES string of the molecule is O=CC(=O)Nc1ccc(I)cc1C(F)(F)F. The predicted molar refractivity (Wildman–Crippen MR) is 58.9 cm³/mol. The van der Waals surface area contributed by atoms with E-state index in [1.807, 2.05) is 5.32 Å². The summed E-state index contributed by atoms with van der Waals surface area (Å²) < 4.78 is 38.0. The van der Waals surface area contributed by atoms with E-state index in [2.05, 4.69) is 0 Å². The lowest BCUT2D eigenvalue weighted by atomic mass is 10.1. The Balaban J connectivity index is 3.18. The number of benzene rings is 1. The normalized spacial score (nSPS) is 11.0. The van der Waals surface area contributed by atoms with E-state index in [0.717, 1.165) is 12.1 Å². The third-order valence-electron chi connectivity index (χ3n) is 1.65. The van der Waals surface area contributed by atoms with E-state index in [1.165, 1.54) is 6.07 Å².